The monoisotopic (exact) mass is 243 g/mol. The Morgan fingerprint density at radius 1 is 1.67 bits per heavy atom. The Balaban J connectivity index is 2.74. The van der Waals surface area contributed by atoms with Gasteiger partial charge in [0.15, 0.2) is 0 Å². The molecule has 0 aromatic carbocycles. The van der Waals surface area contributed by atoms with Crippen LogP contribution in [0.2, 0.25) is 5.02 Å². The molecular weight excluding hydrogens is 226 g/mol. The van der Waals surface area contributed by atoms with Crippen molar-refractivity contribution in [2.45, 2.75) is 32.7 Å². The number of allylic oxidation sites excluding steroid dienone is 1. The third-order valence-electron chi connectivity index (χ3n) is 2.45. The second-order valence-corrected chi connectivity index (χ2v) is 5.22. The van der Waals surface area contributed by atoms with Crippen LogP contribution < -0.4 is 5.32 Å². The molecule has 3 heteroatoms. The van der Waals surface area contributed by atoms with Crippen LogP contribution in [0.5, 0.6) is 0 Å². The largest absolute Gasteiger partial charge is 0.312 e. The molecule has 0 radical (unpaired) electrons. The molecule has 1 heterocycles. The molecule has 1 aromatic rings. The second-order valence-electron chi connectivity index (χ2n) is 3.93. The average Bonchev–Trinajstić information content (AvgIpc) is 2.50. The number of rotatable bonds is 5. The van der Waals surface area contributed by atoms with Gasteiger partial charge in [-0.2, -0.15) is 0 Å². The average molecular weight is 244 g/mol. The Bertz CT molecular complexity index is 343. The highest BCUT2D eigenvalue weighted by molar-refractivity contribution is 7.10. The van der Waals surface area contributed by atoms with Crippen molar-refractivity contribution in [1.29, 1.82) is 0 Å². The lowest BCUT2D eigenvalue weighted by atomic mass is 10.1. The lowest BCUT2D eigenvalue weighted by Crippen LogP contribution is -2.15. The van der Waals surface area contributed by atoms with E-state index in [4.69, 9.17) is 11.6 Å². The maximum atomic E-state index is 6.25. The molecule has 0 aliphatic heterocycles. The van der Waals surface area contributed by atoms with Crippen LogP contribution in [0, 0.1) is 6.92 Å². The van der Waals surface area contributed by atoms with Gasteiger partial charge in [-0.05, 0) is 44.7 Å². The molecule has 0 saturated heterocycles. The minimum absolute atomic E-state index is 0.355. The van der Waals surface area contributed by atoms with Gasteiger partial charge in [-0.1, -0.05) is 17.2 Å². The summed E-state index contributed by atoms with van der Waals surface area (Å²) in [5, 5.41) is 6.34. The van der Waals surface area contributed by atoms with Crippen molar-refractivity contribution in [3.05, 3.63) is 33.0 Å². The van der Waals surface area contributed by atoms with E-state index in [1.165, 1.54) is 16.0 Å². The van der Waals surface area contributed by atoms with Gasteiger partial charge in [-0.25, -0.2) is 0 Å². The number of nitrogens with one attached hydrogen (secondary N) is 1. The van der Waals surface area contributed by atoms with Crippen LogP contribution in [-0.4, -0.2) is 7.05 Å². The fraction of sp³-hybridized carbons (Fsp3) is 0.500. The quantitative estimate of drug-likeness (QED) is 0.760. The molecule has 0 bridgehead atoms. The molecule has 1 aromatic heterocycles. The lowest BCUT2D eigenvalue weighted by molar-refractivity contribution is 0.557. The van der Waals surface area contributed by atoms with Crippen LogP contribution in [0.15, 0.2) is 17.5 Å². The zero-order chi connectivity index (χ0) is 11.4. The summed E-state index contributed by atoms with van der Waals surface area (Å²) >= 11 is 7.98. The summed E-state index contributed by atoms with van der Waals surface area (Å²) in [7, 11) is 1.98. The molecular formula is C12H18ClNS. The van der Waals surface area contributed by atoms with Gasteiger partial charge < -0.3 is 5.32 Å². The Morgan fingerprint density at radius 2 is 2.33 bits per heavy atom. The van der Waals surface area contributed by atoms with Crippen molar-refractivity contribution >= 4 is 22.9 Å². The first kappa shape index (κ1) is 12.8. The van der Waals surface area contributed by atoms with Crippen LogP contribution in [0.3, 0.4) is 0 Å². The molecule has 84 valence electrons. The van der Waals surface area contributed by atoms with E-state index in [1.54, 1.807) is 11.3 Å². The molecule has 0 aliphatic carbocycles. The third kappa shape index (κ3) is 3.33. The zero-order valence-corrected chi connectivity index (χ0v) is 11.1. The summed E-state index contributed by atoms with van der Waals surface area (Å²) in [5.74, 6) is 0. The van der Waals surface area contributed by atoms with Crippen molar-refractivity contribution in [3.63, 3.8) is 0 Å². The Hall–Kier alpha value is -0.310. The number of hydrogen-bond donors (Lipinski definition) is 1. The first-order chi connectivity index (χ1) is 7.06. The minimum atomic E-state index is 0.355. The first-order valence-corrected chi connectivity index (χ1v) is 6.37. The molecule has 1 atom stereocenters. The van der Waals surface area contributed by atoms with E-state index in [1.807, 2.05) is 14.0 Å². The van der Waals surface area contributed by atoms with Crippen LogP contribution >= 0.6 is 22.9 Å². The topological polar surface area (TPSA) is 12.0 Å². The maximum absolute atomic E-state index is 6.25. The molecule has 1 N–H and O–H groups in total. The molecule has 0 amide bonds. The molecule has 1 nitrogen and oxygen atoms in total. The summed E-state index contributed by atoms with van der Waals surface area (Å²) in [6, 6.07) is 0.355. The van der Waals surface area contributed by atoms with Crippen molar-refractivity contribution in [2.24, 2.45) is 0 Å². The molecule has 1 rings (SSSR count). The highest BCUT2D eigenvalue weighted by Gasteiger charge is 2.15. The molecule has 1 unspecified atom stereocenters. The fourth-order valence-electron chi connectivity index (χ4n) is 1.48. The fourth-order valence-corrected chi connectivity index (χ4v) is 2.95. The molecule has 0 fully saturated rings. The van der Waals surface area contributed by atoms with Gasteiger partial charge in [0.2, 0.25) is 0 Å². The van der Waals surface area contributed by atoms with Crippen molar-refractivity contribution < 1.29 is 0 Å². The van der Waals surface area contributed by atoms with E-state index in [0.29, 0.717) is 6.04 Å². The normalized spacial score (nSPS) is 12.8. The van der Waals surface area contributed by atoms with Crippen LogP contribution in [0.4, 0.5) is 0 Å². The lowest BCUT2D eigenvalue weighted by Gasteiger charge is -2.15. The number of thiophene rings is 1. The van der Waals surface area contributed by atoms with Crippen LogP contribution in [0.25, 0.3) is 0 Å². The van der Waals surface area contributed by atoms with E-state index in [9.17, 15) is 0 Å². The van der Waals surface area contributed by atoms with Gasteiger partial charge in [0.05, 0.1) is 5.02 Å². The van der Waals surface area contributed by atoms with Gasteiger partial charge in [0.1, 0.15) is 0 Å². The molecule has 0 saturated carbocycles. The standard InChI is InChI=1S/C12H18ClNS/c1-8(2)5-6-10(14-4)12-11(13)9(3)7-15-12/h7,10,14H,1,5-6H2,2-4H3. The van der Waals surface area contributed by atoms with E-state index >= 15 is 0 Å². The summed E-state index contributed by atoms with van der Waals surface area (Å²) in [6.45, 7) is 8.04. The van der Waals surface area contributed by atoms with E-state index in [-0.39, 0.29) is 0 Å². The van der Waals surface area contributed by atoms with Crippen molar-refractivity contribution in [3.8, 4) is 0 Å². The Morgan fingerprint density at radius 3 is 2.73 bits per heavy atom. The van der Waals surface area contributed by atoms with Gasteiger partial charge in [0, 0.05) is 10.9 Å². The van der Waals surface area contributed by atoms with Crippen LogP contribution in [0.1, 0.15) is 36.2 Å². The van der Waals surface area contributed by atoms with Gasteiger partial charge >= 0.3 is 0 Å². The number of hydrogen-bond acceptors (Lipinski definition) is 2. The summed E-state index contributed by atoms with van der Waals surface area (Å²) in [5.41, 5.74) is 2.40. The Labute approximate surface area is 101 Å². The molecule has 0 spiro atoms. The van der Waals surface area contributed by atoms with E-state index in [2.05, 4.69) is 24.2 Å². The third-order valence-corrected chi connectivity index (χ3v) is 4.28. The predicted octanol–water partition coefficient (Wildman–Crippen LogP) is 4.33. The zero-order valence-electron chi connectivity index (χ0n) is 9.56. The summed E-state index contributed by atoms with van der Waals surface area (Å²) < 4.78 is 0. The highest BCUT2D eigenvalue weighted by atomic mass is 35.5. The Kier molecular flexibility index (Phi) is 4.84. The summed E-state index contributed by atoms with van der Waals surface area (Å²) in [4.78, 5) is 1.25. The van der Waals surface area contributed by atoms with Gasteiger partial charge in [-0.15, -0.1) is 17.9 Å². The van der Waals surface area contributed by atoms with Crippen molar-refractivity contribution in [2.75, 3.05) is 7.05 Å². The summed E-state index contributed by atoms with van der Waals surface area (Å²) in [6.07, 6.45) is 2.10. The predicted molar refractivity (Wildman–Crippen MR) is 69.9 cm³/mol. The smallest absolute Gasteiger partial charge is 0.0590 e. The number of aryl methyl sites for hydroxylation is 1. The first-order valence-electron chi connectivity index (χ1n) is 5.11. The second kappa shape index (κ2) is 5.69. The van der Waals surface area contributed by atoms with Gasteiger partial charge in [0.25, 0.3) is 0 Å². The molecule has 0 aliphatic rings. The highest BCUT2D eigenvalue weighted by Crippen LogP contribution is 2.34. The SMILES string of the molecule is C=C(C)CCC(NC)c1scc(C)c1Cl. The molecule has 15 heavy (non-hydrogen) atoms. The van der Waals surface area contributed by atoms with Crippen LogP contribution in [-0.2, 0) is 0 Å². The minimum Gasteiger partial charge on any atom is -0.312 e. The van der Waals surface area contributed by atoms with E-state index < -0.39 is 0 Å². The van der Waals surface area contributed by atoms with E-state index in [0.717, 1.165) is 17.9 Å². The van der Waals surface area contributed by atoms with Crippen molar-refractivity contribution in [1.82, 2.24) is 5.32 Å². The number of halogens is 1. The maximum Gasteiger partial charge on any atom is 0.0590 e. The van der Waals surface area contributed by atoms with Gasteiger partial charge in [-0.3, -0.25) is 0 Å².